The number of benzene rings is 1. The summed E-state index contributed by atoms with van der Waals surface area (Å²) in [5.41, 5.74) is 2.20. The molecule has 0 aliphatic carbocycles. The van der Waals surface area contributed by atoms with Crippen molar-refractivity contribution in [1.29, 1.82) is 0 Å². The number of hydrogen-bond acceptors (Lipinski definition) is 2. The third kappa shape index (κ3) is 2.33. The van der Waals surface area contributed by atoms with E-state index in [-0.39, 0.29) is 0 Å². The van der Waals surface area contributed by atoms with E-state index >= 15 is 0 Å². The maximum atomic E-state index is 6.31. The Balaban J connectivity index is 2.38. The van der Waals surface area contributed by atoms with Gasteiger partial charge in [0.2, 0.25) is 0 Å². The minimum Gasteiger partial charge on any atom is -0.329 e. The molecule has 3 nitrogen and oxygen atoms in total. The molecule has 0 amide bonds. The standard InChI is InChI=1S/C12H5Br2Cl2N3S/c13-5-3-7-11(17-4-5)19(12(20)18-7)8-2-1-6(14)9(15)10(8)16/h1-4H,(H,18,20). The summed E-state index contributed by atoms with van der Waals surface area (Å²) in [6.07, 6.45) is 1.70. The molecule has 0 aliphatic heterocycles. The average molecular weight is 454 g/mol. The van der Waals surface area contributed by atoms with Gasteiger partial charge in [0.15, 0.2) is 10.4 Å². The summed E-state index contributed by atoms with van der Waals surface area (Å²) < 4.78 is 3.87. The van der Waals surface area contributed by atoms with Crippen LogP contribution < -0.4 is 0 Å². The molecule has 0 spiro atoms. The van der Waals surface area contributed by atoms with Crippen LogP contribution in [0.2, 0.25) is 10.0 Å². The molecule has 0 radical (unpaired) electrons. The fraction of sp³-hybridized carbons (Fsp3) is 0. The van der Waals surface area contributed by atoms with Gasteiger partial charge < -0.3 is 4.98 Å². The normalized spacial score (nSPS) is 11.2. The third-order valence-corrected chi connectivity index (χ3v) is 5.22. The molecule has 0 aliphatic rings. The first-order valence-electron chi connectivity index (χ1n) is 5.39. The van der Waals surface area contributed by atoms with Crippen molar-refractivity contribution in [3.05, 3.63) is 48.2 Å². The highest BCUT2D eigenvalue weighted by Crippen LogP contribution is 2.36. The van der Waals surface area contributed by atoms with Crippen molar-refractivity contribution in [2.45, 2.75) is 0 Å². The van der Waals surface area contributed by atoms with Crippen molar-refractivity contribution >= 4 is 78.4 Å². The molecule has 0 fully saturated rings. The zero-order chi connectivity index (χ0) is 14.4. The van der Waals surface area contributed by atoms with Crippen LogP contribution in [0.25, 0.3) is 16.9 Å². The number of aromatic nitrogens is 3. The van der Waals surface area contributed by atoms with Crippen molar-refractivity contribution < 1.29 is 0 Å². The summed E-state index contributed by atoms with van der Waals surface area (Å²) in [5.74, 6) is 0. The van der Waals surface area contributed by atoms with Crippen molar-refractivity contribution in [3.63, 3.8) is 0 Å². The summed E-state index contributed by atoms with van der Waals surface area (Å²) >= 11 is 24.5. The minimum absolute atomic E-state index is 0.419. The number of H-pyrrole nitrogens is 1. The number of hydrogen-bond donors (Lipinski definition) is 1. The molecular formula is C12H5Br2Cl2N3S. The fourth-order valence-corrected chi connectivity index (χ4v) is 3.36. The lowest BCUT2D eigenvalue weighted by Gasteiger charge is -2.09. The second-order valence-electron chi connectivity index (χ2n) is 3.98. The van der Waals surface area contributed by atoms with Crippen LogP contribution in [-0.2, 0) is 0 Å². The van der Waals surface area contributed by atoms with E-state index in [4.69, 9.17) is 35.4 Å². The molecule has 3 rings (SSSR count). The average Bonchev–Trinajstić information content (AvgIpc) is 2.72. The highest BCUT2D eigenvalue weighted by Gasteiger charge is 2.14. The molecule has 0 saturated heterocycles. The molecule has 20 heavy (non-hydrogen) atoms. The highest BCUT2D eigenvalue weighted by atomic mass is 79.9. The lowest BCUT2D eigenvalue weighted by Crippen LogP contribution is -1.97. The minimum atomic E-state index is 0.419. The zero-order valence-corrected chi connectivity index (χ0v) is 15.1. The van der Waals surface area contributed by atoms with Gasteiger partial charge in [0, 0.05) is 15.1 Å². The molecule has 0 atom stereocenters. The SMILES string of the molecule is S=c1[nH]c2cc(Br)cnc2n1-c1ccc(Br)c(Cl)c1Cl. The number of rotatable bonds is 1. The van der Waals surface area contributed by atoms with Gasteiger partial charge in [0.1, 0.15) is 0 Å². The van der Waals surface area contributed by atoms with Gasteiger partial charge in [-0.1, -0.05) is 23.2 Å². The Morgan fingerprint density at radius 3 is 2.70 bits per heavy atom. The number of pyridine rings is 1. The van der Waals surface area contributed by atoms with E-state index in [1.54, 1.807) is 10.8 Å². The molecule has 2 heterocycles. The van der Waals surface area contributed by atoms with Gasteiger partial charge in [-0.2, -0.15) is 0 Å². The zero-order valence-electron chi connectivity index (χ0n) is 9.62. The summed E-state index contributed by atoms with van der Waals surface area (Å²) in [7, 11) is 0. The second kappa shape index (κ2) is 5.42. The lowest BCUT2D eigenvalue weighted by atomic mass is 10.3. The van der Waals surface area contributed by atoms with E-state index in [0.717, 1.165) is 14.5 Å². The van der Waals surface area contributed by atoms with Crippen LogP contribution in [0.5, 0.6) is 0 Å². The Morgan fingerprint density at radius 2 is 1.95 bits per heavy atom. The maximum absolute atomic E-state index is 6.31. The van der Waals surface area contributed by atoms with E-state index in [0.29, 0.717) is 26.2 Å². The molecule has 1 N–H and O–H groups in total. The van der Waals surface area contributed by atoms with E-state index in [1.807, 2.05) is 18.2 Å². The Hall–Kier alpha value is -0.400. The van der Waals surface area contributed by atoms with Gasteiger partial charge in [0.05, 0.1) is 21.2 Å². The fourth-order valence-electron chi connectivity index (χ4n) is 1.88. The Labute approximate surface area is 146 Å². The van der Waals surface area contributed by atoms with Crippen LogP contribution in [0.3, 0.4) is 0 Å². The molecule has 8 heteroatoms. The van der Waals surface area contributed by atoms with Crippen LogP contribution in [-0.4, -0.2) is 14.5 Å². The van der Waals surface area contributed by atoms with Crippen molar-refractivity contribution in [2.75, 3.05) is 0 Å². The Kier molecular flexibility index (Phi) is 3.94. The van der Waals surface area contributed by atoms with Crippen LogP contribution in [0.1, 0.15) is 0 Å². The van der Waals surface area contributed by atoms with Crippen molar-refractivity contribution in [3.8, 4) is 5.69 Å². The molecule has 0 unspecified atom stereocenters. The second-order valence-corrected chi connectivity index (χ2v) is 6.90. The lowest BCUT2D eigenvalue weighted by molar-refractivity contribution is 1.04. The largest absolute Gasteiger partial charge is 0.329 e. The van der Waals surface area contributed by atoms with Gasteiger partial charge in [-0.05, 0) is 62.3 Å². The molecule has 2 aromatic heterocycles. The Bertz CT molecular complexity index is 888. The van der Waals surface area contributed by atoms with E-state index < -0.39 is 0 Å². The first-order chi connectivity index (χ1) is 9.49. The van der Waals surface area contributed by atoms with Gasteiger partial charge in [-0.25, -0.2) is 4.98 Å². The first-order valence-corrected chi connectivity index (χ1v) is 8.14. The van der Waals surface area contributed by atoms with Crippen LogP contribution in [0.15, 0.2) is 33.3 Å². The molecule has 1 aromatic carbocycles. The number of halogens is 4. The Morgan fingerprint density at radius 1 is 1.20 bits per heavy atom. The molecule has 3 aromatic rings. The summed E-state index contributed by atoms with van der Waals surface area (Å²) in [4.78, 5) is 7.48. The quantitative estimate of drug-likeness (QED) is 0.367. The summed E-state index contributed by atoms with van der Waals surface area (Å²) in [6.45, 7) is 0. The van der Waals surface area contributed by atoms with E-state index in [1.165, 1.54) is 0 Å². The summed E-state index contributed by atoms with van der Waals surface area (Å²) in [5, 5.41) is 0.861. The third-order valence-electron chi connectivity index (χ3n) is 2.75. The number of nitrogens with zero attached hydrogens (tertiary/aromatic N) is 2. The van der Waals surface area contributed by atoms with Crippen LogP contribution >= 0.6 is 67.3 Å². The summed E-state index contributed by atoms with van der Waals surface area (Å²) in [6, 6.07) is 5.57. The molecular weight excluding hydrogens is 449 g/mol. The number of aromatic amines is 1. The maximum Gasteiger partial charge on any atom is 0.184 e. The number of imidazole rings is 1. The predicted octanol–water partition coefficient (Wildman–Crippen LogP) is 5.91. The predicted molar refractivity (Wildman–Crippen MR) is 91.7 cm³/mol. The molecule has 102 valence electrons. The monoisotopic (exact) mass is 451 g/mol. The topological polar surface area (TPSA) is 33.6 Å². The smallest absolute Gasteiger partial charge is 0.184 e. The van der Waals surface area contributed by atoms with Gasteiger partial charge >= 0.3 is 0 Å². The van der Waals surface area contributed by atoms with Gasteiger partial charge in [0.25, 0.3) is 0 Å². The highest BCUT2D eigenvalue weighted by molar-refractivity contribution is 9.10. The van der Waals surface area contributed by atoms with Crippen molar-refractivity contribution in [1.82, 2.24) is 14.5 Å². The van der Waals surface area contributed by atoms with E-state index in [2.05, 4.69) is 41.8 Å². The molecule has 0 saturated carbocycles. The van der Waals surface area contributed by atoms with Crippen LogP contribution in [0.4, 0.5) is 0 Å². The number of fused-ring (bicyclic) bond motifs is 1. The van der Waals surface area contributed by atoms with Crippen LogP contribution in [0, 0.1) is 4.77 Å². The van der Waals surface area contributed by atoms with Gasteiger partial charge in [-0.15, -0.1) is 0 Å². The number of nitrogens with one attached hydrogen (secondary N) is 1. The first kappa shape index (κ1) is 14.5. The van der Waals surface area contributed by atoms with Crippen molar-refractivity contribution in [2.24, 2.45) is 0 Å². The molecule has 0 bridgehead atoms. The van der Waals surface area contributed by atoms with E-state index in [9.17, 15) is 0 Å². The van der Waals surface area contributed by atoms with Gasteiger partial charge in [-0.3, -0.25) is 4.57 Å².